The van der Waals surface area contributed by atoms with E-state index in [0.717, 1.165) is 30.6 Å². The standard InChI is InChI=1S/C10H16N4S/c11-10-2-1-7-3-14(5-9(7)10)4-8-6-15-13-12-8/h6-7,9-10H,1-5,11H2. The van der Waals surface area contributed by atoms with Gasteiger partial charge in [-0.05, 0) is 36.2 Å². The molecule has 1 saturated carbocycles. The molecule has 0 spiro atoms. The van der Waals surface area contributed by atoms with E-state index in [1.165, 1.54) is 30.9 Å². The van der Waals surface area contributed by atoms with Crippen molar-refractivity contribution in [3.63, 3.8) is 0 Å². The summed E-state index contributed by atoms with van der Waals surface area (Å²) >= 11 is 1.43. The quantitative estimate of drug-likeness (QED) is 0.803. The van der Waals surface area contributed by atoms with Crippen molar-refractivity contribution >= 4 is 11.5 Å². The highest BCUT2D eigenvalue weighted by molar-refractivity contribution is 7.03. The molecule has 2 heterocycles. The maximum Gasteiger partial charge on any atom is 0.0895 e. The third kappa shape index (κ3) is 1.79. The second-order valence-corrected chi connectivity index (χ2v) is 5.37. The van der Waals surface area contributed by atoms with E-state index >= 15 is 0 Å². The van der Waals surface area contributed by atoms with Gasteiger partial charge in [-0.2, -0.15) is 0 Å². The Morgan fingerprint density at radius 2 is 2.40 bits per heavy atom. The van der Waals surface area contributed by atoms with Crippen molar-refractivity contribution in [2.45, 2.75) is 25.4 Å². The molecule has 1 saturated heterocycles. The van der Waals surface area contributed by atoms with Crippen LogP contribution in [0.15, 0.2) is 5.38 Å². The molecule has 2 N–H and O–H groups in total. The Hall–Kier alpha value is -0.520. The van der Waals surface area contributed by atoms with Gasteiger partial charge < -0.3 is 5.73 Å². The average Bonchev–Trinajstić information content (AvgIpc) is 2.88. The summed E-state index contributed by atoms with van der Waals surface area (Å²) in [5.41, 5.74) is 7.21. The van der Waals surface area contributed by atoms with E-state index in [2.05, 4.69) is 14.5 Å². The Labute approximate surface area is 93.6 Å². The lowest BCUT2D eigenvalue weighted by Gasteiger charge is -2.16. The second-order valence-electron chi connectivity index (χ2n) is 4.76. The minimum Gasteiger partial charge on any atom is -0.327 e. The number of hydrogen-bond donors (Lipinski definition) is 1. The van der Waals surface area contributed by atoms with Crippen LogP contribution in [0.4, 0.5) is 0 Å². The lowest BCUT2D eigenvalue weighted by atomic mass is 9.98. The number of aromatic nitrogens is 2. The van der Waals surface area contributed by atoms with Crippen LogP contribution in [0, 0.1) is 11.8 Å². The predicted octanol–water partition coefficient (Wildman–Crippen LogP) is 0.707. The van der Waals surface area contributed by atoms with Gasteiger partial charge in [0.25, 0.3) is 0 Å². The zero-order valence-corrected chi connectivity index (χ0v) is 9.49. The number of fused-ring (bicyclic) bond motifs is 1. The van der Waals surface area contributed by atoms with Crippen LogP contribution >= 0.6 is 11.5 Å². The molecule has 1 aliphatic heterocycles. The molecule has 3 atom stereocenters. The maximum absolute atomic E-state index is 6.10. The molecule has 0 amide bonds. The molecule has 0 aromatic carbocycles. The topological polar surface area (TPSA) is 55.0 Å². The molecule has 3 unspecified atom stereocenters. The molecule has 15 heavy (non-hydrogen) atoms. The first-order valence-corrected chi connectivity index (χ1v) is 6.40. The SMILES string of the molecule is NC1CCC2CN(Cc3csnn3)CC12. The van der Waals surface area contributed by atoms with Crippen LogP contribution in [0.5, 0.6) is 0 Å². The van der Waals surface area contributed by atoms with E-state index in [4.69, 9.17) is 5.73 Å². The Morgan fingerprint density at radius 3 is 3.13 bits per heavy atom. The second kappa shape index (κ2) is 3.81. The highest BCUT2D eigenvalue weighted by atomic mass is 32.1. The van der Waals surface area contributed by atoms with Gasteiger partial charge >= 0.3 is 0 Å². The van der Waals surface area contributed by atoms with Crippen LogP contribution < -0.4 is 5.73 Å². The Morgan fingerprint density at radius 1 is 1.47 bits per heavy atom. The summed E-state index contributed by atoms with van der Waals surface area (Å²) in [7, 11) is 0. The molecule has 82 valence electrons. The van der Waals surface area contributed by atoms with Gasteiger partial charge in [0.1, 0.15) is 0 Å². The largest absolute Gasteiger partial charge is 0.327 e. The van der Waals surface area contributed by atoms with E-state index < -0.39 is 0 Å². The van der Waals surface area contributed by atoms with Gasteiger partial charge in [0.15, 0.2) is 0 Å². The third-order valence-electron chi connectivity index (χ3n) is 3.78. The first kappa shape index (κ1) is 9.69. The van der Waals surface area contributed by atoms with E-state index in [1.54, 1.807) is 0 Å². The summed E-state index contributed by atoms with van der Waals surface area (Å²) in [6.45, 7) is 3.31. The van der Waals surface area contributed by atoms with Crippen molar-refractivity contribution < 1.29 is 0 Å². The fourth-order valence-corrected chi connectivity index (χ4v) is 3.45. The van der Waals surface area contributed by atoms with Crippen LogP contribution in [-0.4, -0.2) is 33.6 Å². The Kier molecular flexibility index (Phi) is 2.46. The summed E-state index contributed by atoms with van der Waals surface area (Å²) in [4.78, 5) is 2.48. The Bertz CT molecular complexity index is 326. The van der Waals surface area contributed by atoms with Gasteiger partial charge in [-0.25, -0.2) is 0 Å². The fourth-order valence-electron chi connectivity index (χ4n) is 3.01. The highest BCUT2D eigenvalue weighted by Crippen LogP contribution is 2.37. The van der Waals surface area contributed by atoms with Crippen LogP contribution in [0.25, 0.3) is 0 Å². The summed E-state index contributed by atoms with van der Waals surface area (Å²) < 4.78 is 3.89. The van der Waals surface area contributed by atoms with Gasteiger partial charge in [-0.3, -0.25) is 4.90 Å². The van der Waals surface area contributed by atoms with Crippen LogP contribution in [0.1, 0.15) is 18.5 Å². The fraction of sp³-hybridized carbons (Fsp3) is 0.800. The molecular formula is C10H16N4S. The maximum atomic E-state index is 6.10. The number of rotatable bonds is 2. The molecule has 5 heteroatoms. The zero-order chi connectivity index (χ0) is 10.3. The molecule has 1 aromatic heterocycles. The molecule has 0 bridgehead atoms. The van der Waals surface area contributed by atoms with Crippen LogP contribution in [0.2, 0.25) is 0 Å². The minimum absolute atomic E-state index is 0.438. The number of likely N-dealkylation sites (tertiary alicyclic amines) is 1. The van der Waals surface area contributed by atoms with Crippen molar-refractivity contribution in [2.24, 2.45) is 17.6 Å². The predicted molar refractivity (Wildman–Crippen MR) is 59.4 cm³/mol. The molecule has 2 aliphatic rings. The van der Waals surface area contributed by atoms with Crippen molar-refractivity contribution in [3.8, 4) is 0 Å². The molecule has 1 aliphatic carbocycles. The molecular weight excluding hydrogens is 208 g/mol. The summed E-state index contributed by atoms with van der Waals surface area (Å²) in [5, 5.41) is 6.12. The number of hydrogen-bond acceptors (Lipinski definition) is 5. The van der Waals surface area contributed by atoms with Crippen LogP contribution in [-0.2, 0) is 6.54 Å². The van der Waals surface area contributed by atoms with Gasteiger partial charge in [-0.15, -0.1) is 5.10 Å². The molecule has 4 nitrogen and oxygen atoms in total. The van der Waals surface area contributed by atoms with Crippen molar-refractivity contribution in [2.75, 3.05) is 13.1 Å². The molecule has 2 fully saturated rings. The van der Waals surface area contributed by atoms with Gasteiger partial charge in [0.2, 0.25) is 0 Å². The van der Waals surface area contributed by atoms with E-state index in [-0.39, 0.29) is 0 Å². The van der Waals surface area contributed by atoms with Crippen molar-refractivity contribution in [3.05, 3.63) is 11.1 Å². The van der Waals surface area contributed by atoms with Crippen LogP contribution in [0.3, 0.4) is 0 Å². The van der Waals surface area contributed by atoms with E-state index in [1.807, 2.05) is 5.38 Å². The highest BCUT2D eigenvalue weighted by Gasteiger charge is 2.40. The molecule has 3 rings (SSSR count). The lowest BCUT2D eigenvalue weighted by Crippen LogP contribution is -2.30. The third-order valence-corrected chi connectivity index (χ3v) is 4.33. The van der Waals surface area contributed by atoms with Gasteiger partial charge in [0, 0.05) is 31.1 Å². The first-order chi connectivity index (χ1) is 7.33. The van der Waals surface area contributed by atoms with E-state index in [9.17, 15) is 0 Å². The average molecular weight is 224 g/mol. The summed E-state index contributed by atoms with van der Waals surface area (Å²) in [6.07, 6.45) is 2.54. The summed E-state index contributed by atoms with van der Waals surface area (Å²) in [5.74, 6) is 1.57. The monoisotopic (exact) mass is 224 g/mol. The molecule has 0 radical (unpaired) electrons. The zero-order valence-electron chi connectivity index (χ0n) is 8.67. The number of nitrogens with zero attached hydrogens (tertiary/aromatic N) is 3. The van der Waals surface area contributed by atoms with Crippen molar-refractivity contribution in [1.82, 2.24) is 14.5 Å². The van der Waals surface area contributed by atoms with Gasteiger partial charge in [-0.1, -0.05) is 4.49 Å². The van der Waals surface area contributed by atoms with E-state index in [0.29, 0.717) is 6.04 Å². The smallest absolute Gasteiger partial charge is 0.0895 e. The summed E-state index contributed by atoms with van der Waals surface area (Å²) in [6, 6.07) is 0.438. The van der Waals surface area contributed by atoms with Crippen molar-refractivity contribution in [1.29, 1.82) is 0 Å². The normalized spacial score (nSPS) is 35.9. The first-order valence-electron chi connectivity index (χ1n) is 5.57. The minimum atomic E-state index is 0.438. The lowest BCUT2D eigenvalue weighted by molar-refractivity contribution is 0.294. The number of nitrogens with two attached hydrogens (primary N) is 1. The van der Waals surface area contributed by atoms with Gasteiger partial charge in [0.05, 0.1) is 5.69 Å². The molecule has 1 aromatic rings. The Balaban J connectivity index is 1.62.